The Bertz CT molecular complexity index is 818. The molecule has 0 radical (unpaired) electrons. The first kappa shape index (κ1) is 19.2. The van der Waals surface area contributed by atoms with Gasteiger partial charge in [-0.25, -0.2) is 0 Å². The van der Waals surface area contributed by atoms with Gasteiger partial charge in [0.1, 0.15) is 5.69 Å². The SMILES string of the molecule is CC(C)c1ccc(C(=O)NNc2ccc(C(F)(F)F)cc2[N+](=O)[O-])cc1. The Morgan fingerprint density at radius 1 is 1.12 bits per heavy atom. The van der Waals surface area contributed by atoms with Crippen molar-refractivity contribution < 1.29 is 22.9 Å². The fraction of sp³-hybridized carbons (Fsp3) is 0.235. The van der Waals surface area contributed by atoms with Crippen molar-refractivity contribution in [1.82, 2.24) is 5.43 Å². The summed E-state index contributed by atoms with van der Waals surface area (Å²) in [6.07, 6.45) is -4.70. The highest BCUT2D eigenvalue weighted by Crippen LogP contribution is 2.34. The number of nitrogens with one attached hydrogen (secondary N) is 2. The highest BCUT2D eigenvalue weighted by Gasteiger charge is 2.33. The molecule has 0 aliphatic heterocycles. The van der Waals surface area contributed by atoms with E-state index in [0.717, 1.165) is 11.6 Å². The Hall–Kier alpha value is -3.10. The molecule has 1 amide bonds. The molecule has 0 fully saturated rings. The van der Waals surface area contributed by atoms with Crippen LogP contribution >= 0.6 is 0 Å². The molecule has 0 atom stereocenters. The number of nitrogens with zero attached hydrogens (tertiary/aromatic N) is 1. The van der Waals surface area contributed by atoms with Crippen LogP contribution in [0.5, 0.6) is 0 Å². The predicted molar refractivity (Wildman–Crippen MR) is 89.7 cm³/mol. The van der Waals surface area contributed by atoms with E-state index in [-0.39, 0.29) is 5.69 Å². The van der Waals surface area contributed by atoms with Gasteiger partial charge in [0.05, 0.1) is 10.5 Å². The van der Waals surface area contributed by atoms with E-state index in [1.165, 1.54) is 0 Å². The van der Waals surface area contributed by atoms with Gasteiger partial charge in [0.25, 0.3) is 11.6 Å². The summed E-state index contributed by atoms with van der Waals surface area (Å²) in [4.78, 5) is 22.1. The van der Waals surface area contributed by atoms with E-state index in [9.17, 15) is 28.1 Å². The minimum absolute atomic E-state index is 0.254. The van der Waals surface area contributed by atoms with Crippen LogP contribution in [0, 0.1) is 10.1 Å². The summed E-state index contributed by atoms with van der Waals surface area (Å²) in [6.45, 7) is 4.00. The van der Waals surface area contributed by atoms with Gasteiger partial charge in [0.2, 0.25) is 0 Å². The van der Waals surface area contributed by atoms with Crippen molar-refractivity contribution in [2.24, 2.45) is 0 Å². The predicted octanol–water partition coefficient (Wildman–Crippen LogP) is 4.49. The molecule has 0 saturated heterocycles. The molecular weight excluding hydrogens is 351 g/mol. The summed E-state index contributed by atoms with van der Waals surface area (Å²) in [7, 11) is 0. The molecule has 0 aromatic heterocycles. The van der Waals surface area contributed by atoms with Gasteiger partial charge in [-0.2, -0.15) is 13.2 Å². The molecule has 0 bridgehead atoms. The first-order valence-electron chi connectivity index (χ1n) is 7.61. The molecule has 0 unspecified atom stereocenters. The lowest BCUT2D eigenvalue weighted by atomic mass is 10.0. The van der Waals surface area contributed by atoms with Gasteiger partial charge in [0.15, 0.2) is 0 Å². The Balaban J connectivity index is 2.15. The van der Waals surface area contributed by atoms with Gasteiger partial charge in [-0.05, 0) is 35.7 Å². The van der Waals surface area contributed by atoms with E-state index in [4.69, 9.17) is 0 Å². The van der Waals surface area contributed by atoms with Crippen LogP contribution in [-0.2, 0) is 6.18 Å². The summed E-state index contributed by atoms with van der Waals surface area (Å²) < 4.78 is 38.0. The normalized spacial score (nSPS) is 11.3. The second kappa shape index (κ2) is 7.42. The van der Waals surface area contributed by atoms with Gasteiger partial charge < -0.3 is 0 Å². The molecule has 2 rings (SSSR count). The monoisotopic (exact) mass is 367 g/mol. The molecule has 0 aliphatic rings. The van der Waals surface area contributed by atoms with E-state index < -0.39 is 28.3 Å². The lowest BCUT2D eigenvalue weighted by molar-refractivity contribution is -0.384. The molecule has 2 aromatic carbocycles. The maximum atomic E-state index is 12.7. The van der Waals surface area contributed by atoms with Crippen molar-refractivity contribution in [3.63, 3.8) is 0 Å². The third kappa shape index (κ3) is 4.50. The lowest BCUT2D eigenvalue weighted by Crippen LogP contribution is -2.29. The zero-order chi connectivity index (χ0) is 19.5. The number of nitro groups is 1. The molecule has 2 aromatic rings. The summed E-state index contributed by atoms with van der Waals surface area (Å²) in [5, 5.41) is 11.0. The summed E-state index contributed by atoms with van der Waals surface area (Å²) in [5.41, 5.74) is 3.68. The Kier molecular flexibility index (Phi) is 5.49. The molecule has 9 heteroatoms. The minimum Gasteiger partial charge on any atom is -0.292 e. The zero-order valence-electron chi connectivity index (χ0n) is 13.9. The number of halogens is 3. The quantitative estimate of drug-likeness (QED) is 0.602. The number of nitro benzene ring substituents is 1. The molecule has 0 spiro atoms. The number of benzene rings is 2. The first-order chi connectivity index (χ1) is 12.1. The van der Waals surface area contributed by atoms with Crippen molar-refractivity contribution in [2.45, 2.75) is 25.9 Å². The second-order valence-electron chi connectivity index (χ2n) is 5.84. The Morgan fingerprint density at radius 2 is 1.73 bits per heavy atom. The maximum Gasteiger partial charge on any atom is 0.416 e. The molecule has 0 saturated carbocycles. The number of hydrogen-bond acceptors (Lipinski definition) is 4. The number of anilines is 1. The largest absolute Gasteiger partial charge is 0.416 e. The Labute approximate surface area is 147 Å². The summed E-state index contributed by atoms with van der Waals surface area (Å²) in [6, 6.07) is 8.73. The molecule has 0 aliphatic carbocycles. The van der Waals surface area contributed by atoms with Crippen LogP contribution < -0.4 is 10.9 Å². The average molecular weight is 367 g/mol. The number of alkyl halides is 3. The van der Waals surface area contributed by atoms with Crippen LogP contribution in [0.3, 0.4) is 0 Å². The van der Waals surface area contributed by atoms with Crippen LogP contribution in [0.15, 0.2) is 42.5 Å². The topological polar surface area (TPSA) is 84.3 Å². The molecule has 2 N–H and O–H groups in total. The van der Waals surface area contributed by atoms with Crippen molar-refractivity contribution in [1.29, 1.82) is 0 Å². The molecular formula is C17H16F3N3O3. The summed E-state index contributed by atoms with van der Waals surface area (Å²) >= 11 is 0. The Morgan fingerprint density at radius 3 is 2.23 bits per heavy atom. The van der Waals surface area contributed by atoms with Crippen molar-refractivity contribution in [3.8, 4) is 0 Å². The fourth-order valence-electron chi connectivity index (χ4n) is 2.18. The number of carbonyl (C=O) groups excluding carboxylic acids is 1. The van der Waals surface area contributed by atoms with Crippen molar-refractivity contribution in [2.75, 3.05) is 5.43 Å². The first-order valence-corrected chi connectivity index (χ1v) is 7.61. The van der Waals surface area contributed by atoms with E-state index in [1.807, 2.05) is 13.8 Å². The molecule has 0 heterocycles. The van der Waals surface area contributed by atoms with E-state index >= 15 is 0 Å². The highest BCUT2D eigenvalue weighted by atomic mass is 19.4. The molecule has 6 nitrogen and oxygen atoms in total. The van der Waals surface area contributed by atoms with Gasteiger partial charge in [-0.3, -0.25) is 25.8 Å². The number of hydrogen-bond donors (Lipinski definition) is 2. The minimum atomic E-state index is -4.70. The average Bonchev–Trinajstić information content (AvgIpc) is 2.58. The van der Waals surface area contributed by atoms with Crippen LogP contribution in [0.4, 0.5) is 24.5 Å². The van der Waals surface area contributed by atoms with Crippen molar-refractivity contribution in [3.05, 3.63) is 69.3 Å². The molecule has 26 heavy (non-hydrogen) atoms. The van der Waals surface area contributed by atoms with Gasteiger partial charge >= 0.3 is 6.18 Å². The summed E-state index contributed by atoms with van der Waals surface area (Å²) in [5.74, 6) is -0.283. The number of carbonyl (C=O) groups is 1. The third-order valence-electron chi connectivity index (χ3n) is 3.67. The second-order valence-corrected chi connectivity index (χ2v) is 5.84. The van der Waals surface area contributed by atoms with E-state index in [2.05, 4.69) is 10.9 Å². The van der Waals surface area contributed by atoms with Crippen LogP contribution in [0.25, 0.3) is 0 Å². The van der Waals surface area contributed by atoms with Crippen LogP contribution in [0.1, 0.15) is 41.3 Å². The van der Waals surface area contributed by atoms with Gasteiger partial charge in [-0.15, -0.1) is 0 Å². The standard InChI is InChI=1S/C17H16F3N3O3/c1-10(2)11-3-5-12(6-4-11)16(24)22-21-14-8-7-13(17(18,19)20)9-15(14)23(25)26/h3-10,21H,1-2H3,(H,22,24). The number of amides is 1. The van der Waals surface area contributed by atoms with Crippen LogP contribution in [-0.4, -0.2) is 10.8 Å². The smallest absolute Gasteiger partial charge is 0.292 e. The van der Waals surface area contributed by atoms with E-state index in [0.29, 0.717) is 23.6 Å². The zero-order valence-corrected chi connectivity index (χ0v) is 13.9. The maximum absolute atomic E-state index is 12.7. The number of rotatable bonds is 5. The molecule has 138 valence electrons. The third-order valence-corrected chi connectivity index (χ3v) is 3.67. The van der Waals surface area contributed by atoms with E-state index in [1.54, 1.807) is 24.3 Å². The fourth-order valence-corrected chi connectivity index (χ4v) is 2.18. The van der Waals surface area contributed by atoms with Gasteiger partial charge in [-0.1, -0.05) is 26.0 Å². The highest BCUT2D eigenvalue weighted by molar-refractivity contribution is 5.95. The van der Waals surface area contributed by atoms with Gasteiger partial charge in [0, 0.05) is 11.6 Å². The number of hydrazine groups is 1. The lowest BCUT2D eigenvalue weighted by Gasteiger charge is -2.12. The van der Waals surface area contributed by atoms with Crippen molar-refractivity contribution >= 4 is 17.3 Å². The van der Waals surface area contributed by atoms with Crippen LogP contribution in [0.2, 0.25) is 0 Å².